The van der Waals surface area contributed by atoms with Crippen molar-refractivity contribution in [3.05, 3.63) is 71.8 Å². The van der Waals surface area contributed by atoms with Gasteiger partial charge in [-0.2, -0.15) is 0 Å². The molecule has 0 amide bonds. The van der Waals surface area contributed by atoms with Crippen LogP contribution < -0.4 is 0 Å². The van der Waals surface area contributed by atoms with Crippen molar-refractivity contribution in [2.75, 3.05) is 7.05 Å². The summed E-state index contributed by atoms with van der Waals surface area (Å²) in [5.41, 5.74) is 1.83. The number of piperidine rings is 1. The lowest BCUT2D eigenvalue weighted by molar-refractivity contribution is -0.143. The van der Waals surface area contributed by atoms with Gasteiger partial charge in [-0.3, -0.25) is 4.90 Å². The number of rotatable bonds is 2. The van der Waals surface area contributed by atoms with Gasteiger partial charge in [-0.25, -0.2) is 0 Å². The van der Waals surface area contributed by atoms with Gasteiger partial charge in [0.1, 0.15) is 0 Å². The molecule has 2 nitrogen and oxygen atoms in total. The van der Waals surface area contributed by atoms with Gasteiger partial charge in [0, 0.05) is 23.9 Å². The Morgan fingerprint density at radius 3 is 1.48 bits per heavy atom. The van der Waals surface area contributed by atoms with E-state index in [1.165, 1.54) is 11.1 Å². The van der Waals surface area contributed by atoms with Gasteiger partial charge >= 0.3 is 0 Å². The Hall–Kier alpha value is -1.64. The van der Waals surface area contributed by atoms with Crippen molar-refractivity contribution in [3.63, 3.8) is 0 Å². The summed E-state index contributed by atoms with van der Waals surface area (Å²) < 4.78 is 0. The first-order valence-corrected chi connectivity index (χ1v) is 8.48. The van der Waals surface area contributed by atoms with Gasteiger partial charge in [-0.05, 0) is 25.1 Å². The van der Waals surface area contributed by atoms with Crippen LogP contribution in [0.3, 0.4) is 0 Å². The monoisotopic (exact) mass is 309 g/mol. The zero-order valence-corrected chi connectivity index (χ0v) is 14.5. The van der Waals surface area contributed by atoms with Crippen LogP contribution in [-0.4, -0.2) is 22.7 Å². The van der Waals surface area contributed by atoms with E-state index in [9.17, 15) is 5.11 Å². The fourth-order valence-electron chi connectivity index (χ4n) is 4.28. The van der Waals surface area contributed by atoms with E-state index in [-0.39, 0.29) is 23.9 Å². The van der Waals surface area contributed by atoms with Gasteiger partial charge in [0.2, 0.25) is 0 Å². The summed E-state index contributed by atoms with van der Waals surface area (Å²) in [6.07, 6.45) is 0. The van der Waals surface area contributed by atoms with Crippen LogP contribution in [0.2, 0.25) is 0 Å². The van der Waals surface area contributed by atoms with Crippen LogP contribution in [0.1, 0.15) is 44.0 Å². The third-order valence-electron chi connectivity index (χ3n) is 5.95. The molecule has 1 heterocycles. The maximum Gasteiger partial charge on any atom is 0.0707 e. The second kappa shape index (κ2) is 6.10. The highest BCUT2D eigenvalue weighted by Crippen LogP contribution is 2.51. The molecule has 1 saturated heterocycles. The Bertz CT molecular complexity index is 582. The maximum absolute atomic E-state index is 11.3. The molecule has 5 atom stereocenters. The topological polar surface area (TPSA) is 23.5 Å². The van der Waals surface area contributed by atoms with Crippen LogP contribution in [0.4, 0.5) is 0 Å². The van der Waals surface area contributed by atoms with Crippen molar-refractivity contribution in [2.45, 2.75) is 38.5 Å². The van der Waals surface area contributed by atoms with Gasteiger partial charge in [-0.1, -0.05) is 74.5 Å². The first kappa shape index (κ1) is 16.2. The van der Waals surface area contributed by atoms with Crippen LogP contribution in [0, 0.1) is 11.8 Å². The maximum atomic E-state index is 11.3. The number of hydrogen-bond donors (Lipinski definition) is 1. The van der Waals surface area contributed by atoms with Crippen molar-refractivity contribution in [3.8, 4) is 0 Å². The van der Waals surface area contributed by atoms with Gasteiger partial charge < -0.3 is 5.11 Å². The Labute approximate surface area is 139 Å². The van der Waals surface area contributed by atoms with Crippen molar-refractivity contribution >= 4 is 0 Å². The molecule has 1 aliphatic heterocycles. The van der Waals surface area contributed by atoms with E-state index in [0.717, 1.165) is 0 Å². The van der Waals surface area contributed by atoms with Crippen LogP contribution in [0.15, 0.2) is 60.7 Å². The average molecular weight is 309 g/mol. The zero-order valence-electron chi connectivity index (χ0n) is 14.5. The molecule has 122 valence electrons. The Morgan fingerprint density at radius 2 is 1.13 bits per heavy atom. The number of aliphatic hydroxyl groups is 1. The summed E-state index contributed by atoms with van der Waals surface area (Å²) >= 11 is 0. The molecule has 2 heteroatoms. The van der Waals surface area contributed by atoms with Crippen molar-refractivity contribution in [2.24, 2.45) is 11.8 Å². The summed E-state index contributed by atoms with van der Waals surface area (Å²) in [7, 11) is 2.19. The number of likely N-dealkylation sites (tertiary alicyclic amines) is 1. The van der Waals surface area contributed by atoms with E-state index in [0.29, 0.717) is 0 Å². The number of nitrogens with zero attached hydrogens (tertiary/aromatic N) is 1. The van der Waals surface area contributed by atoms with Crippen molar-refractivity contribution < 1.29 is 5.11 Å². The van der Waals surface area contributed by atoms with Crippen LogP contribution >= 0.6 is 0 Å². The normalized spacial score (nSPS) is 35.2. The van der Waals surface area contributed by atoms with Crippen LogP contribution in [0.5, 0.6) is 0 Å². The van der Waals surface area contributed by atoms with Crippen molar-refractivity contribution in [1.29, 1.82) is 0 Å². The average Bonchev–Trinajstić information content (AvgIpc) is 2.56. The molecule has 0 bridgehead atoms. The lowest BCUT2D eigenvalue weighted by atomic mass is 9.66. The molecule has 1 aliphatic rings. The quantitative estimate of drug-likeness (QED) is 0.886. The summed E-state index contributed by atoms with van der Waals surface area (Å²) in [6, 6.07) is 21.5. The molecule has 0 aliphatic carbocycles. The Morgan fingerprint density at radius 1 is 0.783 bits per heavy atom. The predicted octanol–water partition coefficient (Wildman–Crippen LogP) is 4.44. The fraction of sp³-hybridized carbons (Fsp3) is 0.429. The number of hydrogen-bond acceptors (Lipinski definition) is 2. The lowest BCUT2D eigenvalue weighted by Crippen LogP contribution is -2.56. The molecule has 0 aromatic heterocycles. The smallest absolute Gasteiger partial charge is 0.0707 e. The highest BCUT2D eigenvalue weighted by atomic mass is 16.3. The van der Waals surface area contributed by atoms with Crippen LogP contribution in [0.25, 0.3) is 0 Å². The molecule has 2 aromatic rings. The fourth-order valence-corrected chi connectivity index (χ4v) is 4.28. The molecular formula is C21H27NO. The molecule has 1 fully saturated rings. The lowest BCUT2D eigenvalue weighted by Gasteiger charge is -2.55. The molecular weight excluding hydrogens is 282 g/mol. The zero-order chi connectivity index (χ0) is 16.6. The van der Waals surface area contributed by atoms with Gasteiger partial charge in [0.15, 0.2) is 0 Å². The van der Waals surface area contributed by atoms with Gasteiger partial charge in [-0.15, -0.1) is 0 Å². The summed E-state index contributed by atoms with van der Waals surface area (Å²) in [5, 5.41) is 11.3. The minimum Gasteiger partial charge on any atom is -0.389 e. The van der Waals surface area contributed by atoms with E-state index in [2.05, 4.69) is 74.3 Å². The van der Waals surface area contributed by atoms with E-state index in [1.807, 2.05) is 19.1 Å². The highest BCUT2D eigenvalue weighted by Gasteiger charge is 2.51. The van der Waals surface area contributed by atoms with Gasteiger partial charge in [0.25, 0.3) is 0 Å². The van der Waals surface area contributed by atoms with Gasteiger partial charge in [0.05, 0.1) is 5.60 Å². The third kappa shape index (κ3) is 2.71. The molecule has 3 rings (SSSR count). The van der Waals surface area contributed by atoms with E-state index >= 15 is 0 Å². The summed E-state index contributed by atoms with van der Waals surface area (Å²) in [4.78, 5) is 2.44. The molecule has 0 saturated carbocycles. The largest absolute Gasteiger partial charge is 0.389 e. The molecule has 23 heavy (non-hydrogen) atoms. The van der Waals surface area contributed by atoms with E-state index in [1.54, 1.807) is 0 Å². The summed E-state index contributed by atoms with van der Waals surface area (Å²) in [6.45, 7) is 6.35. The third-order valence-corrected chi connectivity index (χ3v) is 5.95. The Kier molecular flexibility index (Phi) is 4.31. The first-order chi connectivity index (χ1) is 10.9. The second-order valence-corrected chi connectivity index (χ2v) is 7.18. The molecule has 2 aromatic carbocycles. The molecule has 0 radical (unpaired) electrons. The minimum absolute atomic E-state index is 0.157. The Balaban J connectivity index is 2.07. The second-order valence-electron chi connectivity index (χ2n) is 7.18. The van der Waals surface area contributed by atoms with E-state index < -0.39 is 5.60 Å². The predicted molar refractivity (Wildman–Crippen MR) is 95.1 cm³/mol. The van der Waals surface area contributed by atoms with E-state index in [4.69, 9.17) is 0 Å². The molecule has 1 unspecified atom stereocenters. The summed E-state index contributed by atoms with van der Waals surface area (Å²) in [5.74, 6) is 0.315. The number of benzene rings is 2. The van der Waals surface area contributed by atoms with Crippen LogP contribution in [-0.2, 0) is 0 Å². The molecule has 1 N–H and O–H groups in total. The highest BCUT2D eigenvalue weighted by molar-refractivity contribution is 5.27. The standard InChI is InChI=1S/C21H27NO/c1-15-19(17-11-7-5-8-12-17)22(4)20(16(2)21(15,3)23)18-13-9-6-10-14-18/h5-16,19-20,23H,1-4H3/t15-,16+,19-,20+,21?. The van der Waals surface area contributed by atoms with Crippen molar-refractivity contribution in [1.82, 2.24) is 4.90 Å². The SMILES string of the molecule is C[C@@H]1[C@H](c2ccccc2)N(C)[C@H](c2ccccc2)[C@H](C)C1(C)O. The minimum atomic E-state index is -0.715. The first-order valence-electron chi connectivity index (χ1n) is 8.48. The molecule has 0 spiro atoms.